The SMILES string of the molecule is CC(C)(C)CCOCC(O)c1cccc(F)c1F. The van der Waals surface area contributed by atoms with Crippen LogP contribution in [0.3, 0.4) is 0 Å². The molecule has 0 aliphatic rings. The van der Waals surface area contributed by atoms with Crippen molar-refractivity contribution in [2.75, 3.05) is 13.2 Å². The van der Waals surface area contributed by atoms with Crippen LogP contribution in [0.4, 0.5) is 8.78 Å². The first kappa shape index (κ1) is 15.1. The first-order valence-electron chi connectivity index (χ1n) is 6.01. The Bertz CT molecular complexity index is 386. The highest BCUT2D eigenvalue weighted by Crippen LogP contribution is 2.21. The summed E-state index contributed by atoms with van der Waals surface area (Å²) in [5.41, 5.74) is 0.0838. The summed E-state index contributed by atoms with van der Waals surface area (Å²) in [7, 11) is 0. The van der Waals surface area contributed by atoms with E-state index in [2.05, 4.69) is 20.8 Å². The number of hydrogen-bond acceptors (Lipinski definition) is 2. The molecule has 1 atom stereocenters. The van der Waals surface area contributed by atoms with Gasteiger partial charge in [0, 0.05) is 12.2 Å². The first-order valence-corrected chi connectivity index (χ1v) is 6.01. The highest BCUT2D eigenvalue weighted by atomic mass is 19.2. The number of hydrogen-bond donors (Lipinski definition) is 1. The van der Waals surface area contributed by atoms with Crippen LogP contribution in [0.25, 0.3) is 0 Å². The van der Waals surface area contributed by atoms with Gasteiger partial charge in [0.15, 0.2) is 11.6 Å². The molecule has 0 fully saturated rings. The molecule has 1 N–H and O–H groups in total. The van der Waals surface area contributed by atoms with E-state index in [1.54, 1.807) is 0 Å². The maximum atomic E-state index is 13.4. The fraction of sp³-hybridized carbons (Fsp3) is 0.571. The van der Waals surface area contributed by atoms with Crippen molar-refractivity contribution in [3.8, 4) is 0 Å². The van der Waals surface area contributed by atoms with Crippen LogP contribution in [0.5, 0.6) is 0 Å². The molecule has 4 heteroatoms. The molecule has 0 aliphatic carbocycles. The molecule has 2 nitrogen and oxygen atoms in total. The molecule has 0 radical (unpaired) electrons. The van der Waals surface area contributed by atoms with E-state index in [0.717, 1.165) is 12.5 Å². The molecule has 1 rings (SSSR count). The lowest BCUT2D eigenvalue weighted by molar-refractivity contribution is 0.0245. The van der Waals surface area contributed by atoms with Crippen molar-refractivity contribution in [3.63, 3.8) is 0 Å². The number of rotatable bonds is 5. The van der Waals surface area contributed by atoms with Crippen molar-refractivity contribution in [1.82, 2.24) is 0 Å². The molecule has 0 heterocycles. The molecular weight excluding hydrogens is 238 g/mol. The van der Waals surface area contributed by atoms with Crippen LogP contribution in [0.15, 0.2) is 18.2 Å². The van der Waals surface area contributed by atoms with Gasteiger partial charge in [0.2, 0.25) is 0 Å². The molecule has 0 saturated heterocycles. The van der Waals surface area contributed by atoms with Crippen LogP contribution in [0, 0.1) is 17.0 Å². The van der Waals surface area contributed by atoms with E-state index in [4.69, 9.17) is 4.74 Å². The number of aliphatic hydroxyl groups excluding tert-OH is 1. The number of benzene rings is 1. The van der Waals surface area contributed by atoms with Gasteiger partial charge >= 0.3 is 0 Å². The zero-order valence-corrected chi connectivity index (χ0v) is 11.0. The van der Waals surface area contributed by atoms with Gasteiger partial charge < -0.3 is 9.84 Å². The molecule has 102 valence electrons. The van der Waals surface area contributed by atoms with Gasteiger partial charge in [0.1, 0.15) is 6.10 Å². The smallest absolute Gasteiger partial charge is 0.164 e. The van der Waals surface area contributed by atoms with Gasteiger partial charge in [-0.3, -0.25) is 0 Å². The van der Waals surface area contributed by atoms with Gasteiger partial charge in [-0.05, 0) is 17.9 Å². The molecule has 1 aromatic rings. The average molecular weight is 258 g/mol. The quantitative estimate of drug-likeness (QED) is 0.820. The Hall–Kier alpha value is -1.00. The molecular formula is C14H20F2O2. The highest BCUT2D eigenvalue weighted by molar-refractivity contribution is 5.21. The topological polar surface area (TPSA) is 29.5 Å². The van der Waals surface area contributed by atoms with Gasteiger partial charge in [0.05, 0.1) is 6.61 Å². The summed E-state index contributed by atoms with van der Waals surface area (Å²) in [6.45, 7) is 6.70. The van der Waals surface area contributed by atoms with Crippen molar-refractivity contribution >= 4 is 0 Å². The molecule has 18 heavy (non-hydrogen) atoms. The van der Waals surface area contributed by atoms with E-state index in [-0.39, 0.29) is 17.6 Å². The molecule has 0 aliphatic heterocycles. The minimum atomic E-state index is -1.14. The van der Waals surface area contributed by atoms with Crippen LogP contribution < -0.4 is 0 Å². The van der Waals surface area contributed by atoms with E-state index in [9.17, 15) is 13.9 Å². The van der Waals surface area contributed by atoms with Gasteiger partial charge in [-0.15, -0.1) is 0 Å². The molecule has 0 aromatic heterocycles. The lowest BCUT2D eigenvalue weighted by atomic mass is 9.93. The minimum Gasteiger partial charge on any atom is -0.386 e. The summed E-state index contributed by atoms with van der Waals surface area (Å²) in [5, 5.41) is 9.72. The zero-order chi connectivity index (χ0) is 13.8. The van der Waals surface area contributed by atoms with Crippen molar-refractivity contribution in [3.05, 3.63) is 35.4 Å². The van der Waals surface area contributed by atoms with Gasteiger partial charge in [0.25, 0.3) is 0 Å². The fourth-order valence-corrected chi connectivity index (χ4v) is 1.44. The predicted molar refractivity (Wildman–Crippen MR) is 66.2 cm³/mol. The maximum absolute atomic E-state index is 13.4. The number of aliphatic hydroxyl groups is 1. The van der Waals surface area contributed by atoms with Gasteiger partial charge in [-0.1, -0.05) is 32.9 Å². The van der Waals surface area contributed by atoms with Crippen LogP contribution in [0.2, 0.25) is 0 Å². The Morgan fingerprint density at radius 2 is 1.94 bits per heavy atom. The fourth-order valence-electron chi connectivity index (χ4n) is 1.44. The number of ether oxygens (including phenoxy) is 1. The third-order valence-corrected chi connectivity index (χ3v) is 2.61. The van der Waals surface area contributed by atoms with E-state index in [1.165, 1.54) is 12.1 Å². The zero-order valence-electron chi connectivity index (χ0n) is 11.0. The van der Waals surface area contributed by atoms with Crippen LogP contribution in [-0.4, -0.2) is 18.3 Å². The van der Waals surface area contributed by atoms with Crippen molar-refractivity contribution in [2.24, 2.45) is 5.41 Å². The van der Waals surface area contributed by atoms with Gasteiger partial charge in [-0.25, -0.2) is 8.78 Å². The summed E-state index contributed by atoms with van der Waals surface area (Å²) in [6, 6.07) is 3.74. The van der Waals surface area contributed by atoms with Crippen molar-refractivity contribution in [2.45, 2.75) is 33.3 Å². The maximum Gasteiger partial charge on any atom is 0.164 e. The summed E-state index contributed by atoms with van der Waals surface area (Å²) in [5.74, 6) is -1.97. The highest BCUT2D eigenvalue weighted by Gasteiger charge is 2.16. The lowest BCUT2D eigenvalue weighted by Gasteiger charge is -2.19. The Labute approximate surface area is 107 Å². The second-order valence-corrected chi connectivity index (χ2v) is 5.54. The van der Waals surface area contributed by atoms with Gasteiger partial charge in [-0.2, -0.15) is 0 Å². The van der Waals surface area contributed by atoms with Crippen LogP contribution in [-0.2, 0) is 4.74 Å². The third-order valence-electron chi connectivity index (χ3n) is 2.61. The average Bonchev–Trinajstić information content (AvgIpc) is 2.26. The van der Waals surface area contributed by atoms with Crippen molar-refractivity contribution < 1.29 is 18.6 Å². The second kappa shape index (κ2) is 6.25. The minimum absolute atomic E-state index is 0.0313. The predicted octanol–water partition coefficient (Wildman–Crippen LogP) is 3.45. The lowest BCUT2D eigenvalue weighted by Crippen LogP contribution is -2.14. The van der Waals surface area contributed by atoms with E-state index < -0.39 is 17.7 Å². The number of halogens is 2. The Morgan fingerprint density at radius 1 is 1.28 bits per heavy atom. The molecule has 1 unspecified atom stereocenters. The largest absolute Gasteiger partial charge is 0.386 e. The standard InChI is InChI=1S/C14H20F2O2/c1-14(2,3)7-8-18-9-12(17)10-5-4-6-11(15)13(10)16/h4-6,12,17H,7-9H2,1-3H3. The first-order chi connectivity index (χ1) is 8.31. The third kappa shape index (κ3) is 4.70. The molecule has 0 amide bonds. The Balaban J connectivity index is 2.46. The molecule has 1 aromatic carbocycles. The van der Waals surface area contributed by atoms with E-state index in [0.29, 0.717) is 6.61 Å². The summed E-state index contributed by atoms with van der Waals surface area (Å²) >= 11 is 0. The second-order valence-electron chi connectivity index (χ2n) is 5.54. The van der Waals surface area contributed by atoms with Crippen LogP contribution >= 0.6 is 0 Å². The molecule has 0 bridgehead atoms. The Kier molecular flexibility index (Phi) is 5.23. The van der Waals surface area contributed by atoms with E-state index in [1.807, 2.05) is 0 Å². The molecule has 0 spiro atoms. The summed E-state index contributed by atoms with van der Waals surface area (Å²) in [4.78, 5) is 0. The van der Waals surface area contributed by atoms with Crippen LogP contribution in [0.1, 0.15) is 38.9 Å². The summed E-state index contributed by atoms with van der Waals surface area (Å²) in [6.07, 6.45) is -0.300. The van der Waals surface area contributed by atoms with Crippen molar-refractivity contribution in [1.29, 1.82) is 0 Å². The summed E-state index contributed by atoms with van der Waals surface area (Å²) < 4.78 is 31.6. The Morgan fingerprint density at radius 3 is 2.56 bits per heavy atom. The molecule has 0 saturated carbocycles. The van der Waals surface area contributed by atoms with E-state index >= 15 is 0 Å². The monoisotopic (exact) mass is 258 g/mol. The normalized spacial score (nSPS) is 13.7.